The first-order valence-corrected chi connectivity index (χ1v) is 4.69. The number of rotatable bonds is 3. The van der Waals surface area contributed by atoms with Crippen LogP contribution in [-0.4, -0.2) is 78.0 Å². The van der Waals surface area contributed by atoms with Crippen LogP contribution in [0.1, 0.15) is 26.7 Å². The van der Waals surface area contributed by atoms with E-state index in [-0.39, 0.29) is 56.6 Å². The van der Waals surface area contributed by atoms with E-state index in [1.54, 1.807) is 0 Å². The Balaban J connectivity index is -0.000000209. The normalized spacial score (nSPS) is 9.86. The molecule has 0 saturated carbocycles. The van der Waals surface area contributed by atoms with E-state index in [9.17, 15) is 0 Å². The molecule has 0 radical (unpaired) electrons. The van der Waals surface area contributed by atoms with E-state index >= 15 is 0 Å². The van der Waals surface area contributed by atoms with Crippen molar-refractivity contribution in [2.24, 2.45) is 5.73 Å². The molecule has 0 rings (SSSR count). The van der Waals surface area contributed by atoms with Crippen LogP contribution in [0, 0.1) is 0 Å². The molecule has 7 heteroatoms. The zero-order valence-corrected chi connectivity index (χ0v) is 9.41. The number of aliphatic hydroxyl groups excluding tert-OH is 2. The Kier molecular flexibility index (Phi) is 20.5. The molecular formula is C7H17KN2O2S2. The van der Waals surface area contributed by atoms with Crippen molar-refractivity contribution >= 4 is 86.2 Å². The SMILES string of the molecule is CCCC(C)NC(O)=S.NC(O)=S.[KH]. The van der Waals surface area contributed by atoms with Crippen LogP contribution in [0.2, 0.25) is 0 Å². The van der Waals surface area contributed by atoms with Gasteiger partial charge in [0.1, 0.15) is 0 Å². The van der Waals surface area contributed by atoms with Crippen molar-refractivity contribution in [2.45, 2.75) is 32.7 Å². The number of hydrogen-bond donors (Lipinski definition) is 4. The van der Waals surface area contributed by atoms with E-state index in [0.717, 1.165) is 12.8 Å². The van der Waals surface area contributed by atoms with Crippen LogP contribution < -0.4 is 11.1 Å². The van der Waals surface area contributed by atoms with Gasteiger partial charge in [0, 0.05) is 6.04 Å². The summed E-state index contributed by atoms with van der Waals surface area (Å²) in [5.41, 5.74) is 4.40. The van der Waals surface area contributed by atoms with Crippen LogP contribution in [0.25, 0.3) is 0 Å². The van der Waals surface area contributed by atoms with Gasteiger partial charge in [-0.1, -0.05) is 13.3 Å². The molecule has 1 atom stereocenters. The van der Waals surface area contributed by atoms with Gasteiger partial charge in [0.15, 0.2) is 0 Å². The molecular weight excluding hydrogens is 247 g/mol. The molecule has 0 aliphatic heterocycles. The van der Waals surface area contributed by atoms with Crippen molar-refractivity contribution in [2.75, 3.05) is 0 Å². The standard InChI is InChI=1S/C6H13NOS.CH3NOS.K.H/c1-3-4-5(2)7-6(8)9;2-1(3)4;;/h5H,3-4H2,1-2H3,(H2,7,8,9);(H3,2,3,4);;. The zero-order valence-electron chi connectivity index (χ0n) is 7.78. The van der Waals surface area contributed by atoms with E-state index < -0.39 is 5.17 Å². The predicted molar refractivity (Wildman–Crippen MR) is 69.3 cm³/mol. The zero-order chi connectivity index (χ0) is 10.9. The molecule has 0 aliphatic carbocycles. The number of aliphatic hydroxyl groups is 2. The number of thiocarbonyl (C=S) groups is 2. The van der Waals surface area contributed by atoms with Gasteiger partial charge in [0.2, 0.25) is 0 Å². The summed E-state index contributed by atoms with van der Waals surface area (Å²) in [4.78, 5) is 0. The van der Waals surface area contributed by atoms with Crippen LogP contribution in [0.15, 0.2) is 0 Å². The Morgan fingerprint density at radius 1 is 1.43 bits per heavy atom. The van der Waals surface area contributed by atoms with Crippen LogP contribution in [-0.2, 0) is 0 Å². The second-order valence-electron chi connectivity index (χ2n) is 2.48. The van der Waals surface area contributed by atoms with Crippen LogP contribution in [0.5, 0.6) is 0 Å². The summed E-state index contributed by atoms with van der Waals surface area (Å²) in [7, 11) is 0. The van der Waals surface area contributed by atoms with Crippen LogP contribution in [0.4, 0.5) is 0 Å². The fourth-order valence-corrected chi connectivity index (χ4v) is 0.917. The molecule has 0 saturated heterocycles. The predicted octanol–water partition coefficient (Wildman–Crippen LogP) is 0.747. The van der Waals surface area contributed by atoms with Gasteiger partial charge in [-0.05, 0) is 37.8 Å². The first-order chi connectivity index (χ1) is 5.90. The van der Waals surface area contributed by atoms with E-state index in [0.29, 0.717) is 6.04 Å². The molecule has 0 aromatic heterocycles. The Morgan fingerprint density at radius 2 is 1.79 bits per heavy atom. The Bertz CT molecular complexity index is 166. The molecule has 80 valence electrons. The number of nitrogens with one attached hydrogen (secondary N) is 1. The molecule has 1 unspecified atom stereocenters. The van der Waals surface area contributed by atoms with Crippen molar-refractivity contribution < 1.29 is 10.2 Å². The second kappa shape index (κ2) is 14.0. The van der Waals surface area contributed by atoms with Gasteiger partial charge in [-0.15, -0.1) is 0 Å². The van der Waals surface area contributed by atoms with Gasteiger partial charge in [-0.25, -0.2) is 0 Å². The summed E-state index contributed by atoms with van der Waals surface area (Å²) in [5.74, 6) is 0. The molecule has 0 bridgehead atoms. The molecule has 4 nitrogen and oxygen atoms in total. The monoisotopic (exact) mass is 264 g/mol. The van der Waals surface area contributed by atoms with Gasteiger partial charge in [-0.2, -0.15) is 0 Å². The molecule has 0 aliphatic rings. The van der Waals surface area contributed by atoms with Crippen molar-refractivity contribution in [3.63, 3.8) is 0 Å². The van der Waals surface area contributed by atoms with E-state index in [1.165, 1.54) is 0 Å². The molecule has 0 amide bonds. The summed E-state index contributed by atoms with van der Waals surface area (Å²) >= 11 is 8.30. The topological polar surface area (TPSA) is 78.5 Å². The third-order valence-electron chi connectivity index (χ3n) is 1.09. The molecule has 0 heterocycles. The first-order valence-electron chi connectivity index (χ1n) is 3.88. The molecule has 0 aromatic rings. The Hall–Kier alpha value is 1.02. The second-order valence-corrected chi connectivity index (χ2v) is 3.28. The molecule has 5 N–H and O–H groups in total. The average Bonchev–Trinajstić information content (AvgIpc) is 1.83. The van der Waals surface area contributed by atoms with Gasteiger partial charge >= 0.3 is 51.4 Å². The van der Waals surface area contributed by atoms with Crippen LogP contribution >= 0.6 is 24.4 Å². The van der Waals surface area contributed by atoms with Crippen LogP contribution in [0.3, 0.4) is 0 Å². The summed E-state index contributed by atoms with van der Waals surface area (Å²) in [6, 6.07) is 0.299. The fourth-order valence-electron chi connectivity index (χ4n) is 0.716. The van der Waals surface area contributed by atoms with E-state index in [2.05, 4.69) is 42.4 Å². The maximum absolute atomic E-state index is 8.57. The van der Waals surface area contributed by atoms with E-state index in [1.807, 2.05) is 6.92 Å². The van der Waals surface area contributed by atoms with Crippen molar-refractivity contribution in [1.29, 1.82) is 0 Å². The van der Waals surface area contributed by atoms with Gasteiger partial charge < -0.3 is 21.3 Å². The summed E-state index contributed by atoms with van der Waals surface area (Å²) in [5, 5.41) is 18.3. The number of nitrogens with two attached hydrogens (primary N) is 1. The van der Waals surface area contributed by atoms with Crippen molar-refractivity contribution in [3.05, 3.63) is 0 Å². The first kappa shape index (κ1) is 20.4. The maximum atomic E-state index is 8.57. The molecule has 0 fully saturated rings. The fraction of sp³-hybridized carbons (Fsp3) is 0.714. The summed E-state index contributed by atoms with van der Waals surface area (Å²) < 4.78 is 0. The minimum absolute atomic E-state index is 0. The summed E-state index contributed by atoms with van der Waals surface area (Å²) in [6.45, 7) is 4.09. The van der Waals surface area contributed by atoms with Crippen molar-refractivity contribution in [1.82, 2.24) is 5.32 Å². The minimum atomic E-state index is -0.500. The van der Waals surface area contributed by atoms with Crippen molar-refractivity contribution in [3.8, 4) is 0 Å². The summed E-state index contributed by atoms with van der Waals surface area (Å²) in [6.07, 6.45) is 2.15. The molecule has 14 heavy (non-hydrogen) atoms. The Morgan fingerprint density at radius 3 is 2.00 bits per heavy atom. The third-order valence-corrected chi connectivity index (χ3v) is 1.21. The third kappa shape index (κ3) is 29.2. The Labute approximate surface area is 138 Å². The average molecular weight is 264 g/mol. The quantitative estimate of drug-likeness (QED) is 0.445. The van der Waals surface area contributed by atoms with E-state index in [4.69, 9.17) is 10.2 Å². The number of hydrogen-bond acceptors (Lipinski definition) is 2. The van der Waals surface area contributed by atoms with Gasteiger partial charge in [0.05, 0.1) is 0 Å². The van der Waals surface area contributed by atoms with Gasteiger partial charge in [0.25, 0.3) is 10.3 Å². The molecule has 0 spiro atoms. The van der Waals surface area contributed by atoms with Gasteiger partial charge in [-0.3, -0.25) is 0 Å². The molecule has 0 aromatic carbocycles.